The zero-order chi connectivity index (χ0) is 15.4. The highest BCUT2D eigenvalue weighted by molar-refractivity contribution is 5.30. The number of rotatable bonds is 6. The van der Waals surface area contributed by atoms with Crippen LogP contribution in [-0.4, -0.2) is 25.1 Å². The molecule has 0 bridgehead atoms. The van der Waals surface area contributed by atoms with E-state index >= 15 is 0 Å². The summed E-state index contributed by atoms with van der Waals surface area (Å²) in [6, 6.07) is 10.3. The van der Waals surface area contributed by atoms with Gasteiger partial charge in [-0.25, -0.2) is 0 Å². The Balaban J connectivity index is 2.19. The summed E-state index contributed by atoms with van der Waals surface area (Å²) in [6.45, 7) is 4.83. The van der Waals surface area contributed by atoms with Gasteiger partial charge in [0.25, 0.3) is 0 Å². The van der Waals surface area contributed by atoms with Crippen LogP contribution in [0.3, 0.4) is 0 Å². The summed E-state index contributed by atoms with van der Waals surface area (Å²) in [5, 5.41) is 0. The third kappa shape index (κ3) is 3.65. The Bertz CT molecular complexity index is 560. The highest BCUT2D eigenvalue weighted by atomic mass is 16.5. The van der Waals surface area contributed by atoms with Crippen molar-refractivity contribution < 1.29 is 9.15 Å². The maximum atomic E-state index is 6.21. The molecule has 0 saturated heterocycles. The number of hydrogen-bond donors (Lipinski definition) is 1. The van der Waals surface area contributed by atoms with Gasteiger partial charge in [0.15, 0.2) is 0 Å². The molecule has 0 aliphatic carbocycles. The normalized spacial score (nSPS) is 14.2. The number of methoxy groups -OCH3 is 1. The Morgan fingerprint density at radius 1 is 1.24 bits per heavy atom. The molecule has 114 valence electrons. The fraction of sp³-hybridized carbons (Fsp3) is 0.412. The van der Waals surface area contributed by atoms with E-state index in [4.69, 9.17) is 14.9 Å². The lowest BCUT2D eigenvalue weighted by Crippen LogP contribution is -2.37. The van der Waals surface area contributed by atoms with Crippen molar-refractivity contribution in [2.45, 2.75) is 32.5 Å². The molecule has 1 aromatic carbocycles. The van der Waals surface area contributed by atoms with Gasteiger partial charge < -0.3 is 14.9 Å². The van der Waals surface area contributed by atoms with Gasteiger partial charge in [0, 0.05) is 24.2 Å². The van der Waals surface area contributed by atoms with Gasteiger partial charge in [-0.1, -0.05) is 12.1 Å². The van der Waals surface area contributed by atoms with Gasteiger partial charge in [0.2, 0.25) is 0 Å². The largest absolute Gasteiger partial charge is 0.497 e. The summed E-state index contributed by atoms with van der Waals surface area (Å²) in [4.78, 5) is 2.25. The SMILES string of the molecule is COc1ccc(C(C(C)N)N(C)Cc2ccoc2C)cc1. The van der Waals surface area contributed by atoms with E-state index in [1.54, 1.807) is 13.4 Å². The van der Waals surface area contributed by atoms with E-state index in [2.05, 4.69) is 24.1 Å². The number of nitrogens with two attached hydrogens (primary N) is 1. The molecule has 4 nitrogen and oxygen atoms in total. The summed E-state index contributed by atoms with van der Waals surface area (Å²) in [5.41, 5.74) is 8.59. The highest BCUT2D eigenvalue weighted by Gasteiger charge is 2.22. The van der Waals surface area contributed by atoms with Gasteiger partial charge in [0.05, 0.1) is 13.4 Å². The van der Waals surface area contributed by atoms with Crippen LogP contribution in [0, 0.1) is 6.92 Å². The second-order valence-corrected chi connectivity index (χ2v) is 5.49. The number of aryl methyl sites for hydroxylation is 1. The Hall–Kier alpha value is -1.78. The fourth-order valence-electron chi connectivity index (χ4n) is 2.70. The van der Waals surface area contributed by atoms with Crippen molar-refractivity contribution in [1.29, 1.82) is 0 Å². The van der Waals surface area contributed by atoms with E-state index in [9.17, 15) is 0 Å². The van der Waals surface area contributed by atoms with Crippen LogP contribution in [0.1, 0.15) is 29.9 Å². The molecule has 0 aliphatic heterocycles. The average molecular weight is 288 g/mol. The number of nitrogens with zero attached hydrogens (tertiary/aromatic N) is 1. The summed E-state index contributed by atoms with van der Waals surface area (Å²) in [7, 11) is 3.76. The van der Waals surface area contributed by atoms with Gasteiger partial charge in [0.1, 0.15) is 11.5 Å². The lowest BCUT2D eigenvalue weighted by molar-refractivity contribution is 0.209. The minimum atomic E-state index is 0.0237. The van der Waals surface area contributed by atoms with Crippen LogP contribution in [0.5, 0.6) is 5.75 Å². The molecule has 2 N–H and O–H groups in total. The topological polar surface area (TPSA) is 51.6 Å². The first-order valence-corrected chi connectivity index (χ1v) is 7.15. The molecular formula is C17H24N2O2. The van der Waals surface area contributed by atoms with Crippen molar-refractivity contribution in [1.82, 2.24) is 4.90 Å². The van der Waals surface area contributed by atoms with Crippen LogP contribution in [0.4, 0.5) is 0 Å². The van der Waals surface area contributed by atoms with Crippen LogP contribution in [0.2, 0.25) is 0 Å². The molecule has 0 radical (unpaired) electrons. The van der Waals surface area contributed by atoms with Crippen LogP contribution in [0.15, 0.2) is 41.0 Å². The molecule has 0 spiro atoms. The highest BCUT2D eigenvalue weighted by Crippen LogP contribution is 2.26. The molecule has 1 aromatic heterocycles. The van der Waals surface area contributed by atoms with Gasteiger partial charge in [-0.3, -0.25) is 4.90 Å². The number of furan rings is 1. The van der Waals surface area contributed by atoms with Gasteiger partial charge in [-0.2, -0.15) is 0 Å². The van der Waals surface area contributed by atoms with Gasteiger partial charge >= 0.3 is 0 Å². The van der Waals surface area contributed by atoms with Gasteiger partial charge in [-0.05, 0) is 44.7 Å². The zero-order valence-electron chi connectivity index (χ0n) is 13.2. The first kappa shape index (κ1) is 15.6. The molecule has 21 heavy (non-hydrogen) atoms. The Morgan fingerprint density at radius 3 is 2.38 bits per heavy atom. The lowest BCUT2D eigenvalue weighted by Gasteiger charge is -2.31. The minimum absolute atomic E-state index is 0.0237. The molecule has 1 heterocycles. The Labute approximate surface area is 126 Å². The fourth-order valence-corrected chi connectivity index (χ4v) is 2.70. The van der Waals surface area contributed by atoms with E-state index in [-0.39, 0.29) is 12.1 Å². The average Bonchev–Trinajstić information content (AvgIpc) is 2.85. The van der Waals surface area contributed by atoms with E-state index in [0.29, 0.717) is 0 Å². The molecule has 0 amide bonds. The molecule has 4 heteroatoms. The van der Waals surface area contributed by atoms with Crippen molar-refractivity contribution in [2.75, 3.05) is 14.2 Å². The Kier molecular flexibility index (Phi) is 5.04. The third-order valence-electron chi connectivity index (χ3n) is 3.82. The number of ether oxygens (including phenoxy) is 1. The Morgan fingerprint density at radius 2 is 1.90 bits per heavy atom. The smallest absolute Gasteiger partial charge is 0.118 e. The van der Waals surface area contributed by atoms with Crippen molar-refractivity contribution >= 4 is 0 Å². The molecule has 0 saturated carbocycles. The molecule has 0 aliphatic rings. The first-order chi connectivity index (χ1) is 10.0. The maximum Gasteiger partial charge on any atom is 0.118 e. The quantitative estimate of drug-likeness (QED) is 0.887. The predicted molar refractivity (Wildman–Crippen MR) is 84.3 cm³/mol. The van der Waals surface area contributed by atoms with E-state index in [1.807, 2.05) is 32.0 Å². The molecule has 2 aromatic rings. The lowest BCUT2D eigenvalue weighted by atomic mass is 9.99. The summed E-state index contributed by atoms with van der Waals surface area (Å²) in [5.74, 6) is 1.82. The van der Waals surface area contributed by atoms with Crippen molar-refractivity contribution in [3.63, 3.8) is 0 Å². The standard InChI is InChI=1S/C17H24N2O2/c1-12(18)17(14-5-7-16(20-4)8-6-14)19(3)11-15-9-10-21-13(15)2/h5-10,12,17H,11,18H2,1-4H3. The molecule has 0 fully saturated rings. The van der Waals surface area contributed by atoms with Crippen LogP contribution >= 0.6 is 0 Å². The van der Waals surface area contributed by atoms with E-state index < -0.39 is 0 Å². The van der Waals surface area contributed by atoms with Crippen molar-refractivity contribution in [3.8, 4) is 5.75 Å². The molecule has 2 atom stereocenters. The number of benzene rings is 1. The maximum absolute atomic E-state index is 6.21. The van der Waals surface area contributed by atoms with Crippen LogP contribution < -0.4 is 10.5 Å². The second-order valence-electron chi connectivity index (χ2n) is 5.49. The van der Waals surface area contributed by atoms with E-state index in [1.165, 1.54) is 11.1 Å². The number of likely N-dealkylation sites (N-methyl/N-ethyl adjacent to an activating group) is 1. The number of hydrogen-bond acceptors (Lipinski definition) is 4. The molecular weight excluding hydrogens is 264 g/mol. The first-order valence-electron chi connectivity index (χ1n) is 7.15. The minimum Gasteiger partial charge on any atom is -0.497 e. The summed E-state index contributed by atoms with van der Waals surface area (Å²) < 4.78 is 10.6. The second kappa shape index (κ2) is 6.78. The van der Waals surface area contributed by atoms with Gasteiger partial charge in [-0.15, -0.1) is 0 Å². The van der Waals surface area contributed by atoms with Crippen molar-refractivity contribution in [2.24, 2.45) is 5.73 Å². The third-order valence-corrected chi connectivity index (χ3v) is 3.82. The molecule has 2 rings (SSSR count). The summed E-state index contributed by atoms with van der Waals surface area (Å²) in [6.07, 6.45) is 1.73. The van der Waals surface area contributed by atoms with Crippen molar-refractivity contribution in [3.05, 3.63) is 53.5 Å². The van der Waals surface area contributed by atoms with Crippen LogP contribution in [-0.2, 0) is 6.54 Å². The van der Waals surface area contributed by atoms with E-state index in [0.717, 1.165) is 18.1 Å². The monoisotopic (exact) mass is 288 g/mol. The summed E-state index contributed by atoms with van der Waals surface area (Å²) >= 11 is 0. The predicted octanol–water partition coefficient (Wildman–Crippen LogP) is 3.12. The molecule has 2 unspecified atom stereocenters. The van der Waals surface area contributed by atoms with Crippen LogP contribution in [0.25, 0.3) is 0 Å². The zero-order valence-corrected chi connectivity index (χ0v) is 13.2.